The van der Waals surface area contributed by atoms with Gasteiger partial charge in [0.05, 0.1) is 21.8 Å². The van der Waals surface area contributed by atoms with Crippen LogP contribution in [-0.4, -0.2) is 24.4 Å². The number of nitrogens with zero attached hydrogens (tertiary/aromatic N) is 2. The number of aryl methyl sites for hydroxylation is 3. The fraction of sp³-hybridized carbons (Fsp3) is 0.120. The molecule has 1 aromatic heterocycles. The summed E-state index contributed by atoms with van der Waals surface area (Å²) in [5.74, 6) is 0. The molecule has 0 spiro atoms. The Morgan fingerprint density at radius 1 is 0.941 bits per heavy atom. The number of H-pyrrole nitrogens is 1. The molecule has 34 heavy (non-hydrogen) atoms. The molecule has 0 unspecified atom stereocenters. The summed E-state index contributed by atoms with van der Waals surface area (Å²) >= 11 is 5.92. The van der Waals surface area contributed by atoms with Crippen molar-refractivity contribution in [3.05, 3.63) is 104 Å². The molecule has 0 bridgehead atoms. The first-order valence-corrected chi connectivity index (χ1v) is 12.3. The van der Waals surface area contributed by atoms with Gasteiger partial charge >= 0.3 is 0 Å². The zero-order chi connectivity index (χ0) is 24.5. The standard InChI is InChI=1S/C25H23ClN4O3S/c1-16-4-7-21(14-17(16)2)29-34(32,33)23-12-8-20(9-13-23)27-15-24-18(3)28-30(25(24)31)22-10-5-19(26)6-11-22/h4-15,28-29H,1-3H3. The van der Waals surface area contributed by atoms with E-state index in [0.29, 0.717) is 33.3 Å². The van der Waals surface area contributed by atoms with Gasteiger partial charge in [-0.2, -0.15) is 0 Å². The molecule has 7 nitrogen and oxygen atoms in total. The van der Waals surface area contributed by atoms with Crippen LogP contribution in [0.3, 0.4) is 0 Å². The number of halogens is 1. The number of hydrogen-bond donors (Lipinski definition) is 2. The minimum absolute atomic E-state index is 0.118. The van der Waals surface area contributed by atoms with Crippen molar-refractivity contribution < 1.29 is 8.42 Å². The maximum absolute atomic E-state index is 12.8. The molecule has 4 aromatic rings. The number of benzene rings is 3. The lowest BCUT2D eigenvalue weighted by Gasteiger charge is -2.10. The second-order valence-electron chi connectivity index (χ2n) is 7.92. The highest BCUT2D eigenvalue weighted by atomic mass is 35.5. The van der Waals surface area contributed by atoms with Gasteiger partial charge in [-0.05, 0) is 92.6 Å². The van der Waals surface area contributed by atoms with Crippen molar-refractivity contribution in [1.82, 2.24) is 9.78 Å². The zero-order valence-corrected chi connectivity index (χ0v) is 20.4. The van der Waals surface area contributed by atoms with Crippen molar-refractivity contribution in [1.29, 1.82) is 0 Å². The zero-order valence-electron chi connectivity index (χ0n) is 18.8. The Bertz CT molecular complexity index is 1530. The molecule has 1 heterocycles. The lowest BCUT2D eigenvalue weighted by molar-refractivity contribution is 0.601. The van der Waals surface area contributed by atoms with Crippen molar-refractivity contribution in [2.75, 3.05) is 4.72 Å². The Balaban J connectivity index is 1.54. The van der Waals surface area contributed by atoms with Crippen LogP contribution in [0.15, 0.2) is 81.4 Å². The minimum atomic E-state index is -3.74. The molecule has 174 valence electrons. The second kappa shape index (κ2) is 9.32. The molecule has 0 aliphatic heterocycles. The Hall–Kier alpha value is -3.62. The van der Waals surface area contributed by atoms with Gasteiger partial charge in [-0.25, -0.2) is 13.1 Å². The number of aromatic amines is 1. The molecule has 0 atom stereocenters. The fourth-order valence-corrected chi connectivity index (χ4v) is 4.53. The average Bonchev–Trinajstić information content (AvgIpc) is 3.09. The Morgan fingerprint density at radius 2 is 1.62 bits per heavy atom. The largest absolute Gasteiger partial charge is 0.295 e. The van der Waals surface area contributed by atoms with Crippen LogP contribution in [0, 0.1) is 20.8 Å². The predicted molar refractivity (Wildman–Crippen MR) is 137 cm³/mol. The predicted octanol–water partition coefficient (Wildman–Crippen LogP) is 5.30. The summed E-state index contributed by atoms with van der Waals surface area (Å²) in [7, 11) is -3.74. The molecule has 4 rings (SSSR count). The number of sulfonamides is 1. The minimum Gasteiger partial charge on any atom is -0.295 e. The van der Waals surface area contributed by atoms with Crippen molar-refractivity contribution in [2.45, 2.75) is 25.7 Å². The second-order valence-corrected chi connectivity index (χ2v) is 10.0. The van der Waals surface area contributed by atoms with Gasteiger partial charge < -0.3 is 0 Å². The highest BCUT2D eigenvalue weighted by Crippen LogP contribution is 2.21. The Kier molecular flexibility index (Phi) is 6.45. The van der Waals surface area contributed by atoms with Crippen LogP contribution < -0.4 is 10.3 Å². The number of nitrogens with one attached hydrogen (secondary N) is 2. The Morgan fingerprint density at radius 3 is 2.26 bits per heavy atom. The summed E-state index contributed by atoms with van der Waals surface area (Å²) in [4.78, 5) is 17.3. The molecule has 0 aliphatic rings. The van der Waals surface area contributed by atoms with E-state index >= 15 is 0 Å². The van der Waals surface area contributed by atoms with Crippen molar-refractivity contribution in [2.24, 2.45) is 4.99 Å². The number of anilines is 1. The summed E-state index contributed by atoms with van der Waals surface area (Å²) in [5.41, 5.74) is 4.57. The van der Waals surface area contributed by atoms with Gasteiger partial charge in [-0.15, -0.1) is 0 Å². The van der Waals surface area contributed by atoms with Gasteiger partial charge in [-0.1, -0.05) is 17.7 Å². The molecule has 0 saturated heterocycles. The highest BCUT2D eigenvalue weighted by molar-refractivity contribution is 7.92. The van der Waals surface area contributed by atoms with E-state index in [4.69, 9.17) is 11.6 Å². The number of aromatic nitrogens is 2. The van der Waals surface area contributed by atoms with Crippen molar-refractivity contribution >= 4 is 39.2 Å². The first-order valence-electron chi connectivity index (χ1n) is 10.5. The van der Waals surface area contributed by atoms with Crippen LogP contribution in [0.4, 0.5) is 11.4 Å². The van der Waals surface area contributed by atoms with E-state index in [0.717, 1.165) is 11.1 Å². The quantitative estimate of drug-likeness (QED) is 0.356. The SMILES string of the molecule is Cc1ccc(NS(=O)(=O)c2ccc(N=Cc3c(C)[nH]n(-c4ccc(Cl)cc4)c3=O)cc2)cc1C. The van der Waals surface area contributed by atoms with E-state index in [1.54, 1.807) is 55.5 Å². The molecule has 0 aliphatic carbocycles. The monoisotopic (exact) mass is 494 g/mol. The van der Waals surface area contributed by atoms with Crippen LogP contribution in [0.25, 0.3) is 5.69 Å². The fourth-order valence-electron chi connectivity index (χ4n) is 3.35. The lowest BCUT2D eigenvalue weighted by Crippen LogP contribution is -2.17. The molecule has 2 N–H and O–H groups in total. The normalized spacial score (nSPS) is 11.8. The van der Waals surface area contributed by atoms with E-state index in [2.05, 4.69) is 14.8 Å². The number of hydrogen-bond acceptors (Lipinski definition) is 4. The summed E-state index contributed by atoms with van der Waals surface area (Å²) in [5, 5.41) is 3.61. The van der Waals surface area contributed by atoms with Crippen LogP contribution >= 0.6 is 11.6 Å². The van der Waals surface area contributed by atoms with Gasteiger partial charge in [0.1, 0.15) is 0 Å². The molecule has 0 radical (unpaired) electrons. The van der Waals surface area contributed by atoms with Gasteiger partial charge in [-0.3, -0.25) is 19.6 Å². The van der Waals surface area contributed by atoms with Crippen LogP contribution in [-0.2, 0) is 10.0 Å². The van der Waals surface area contributed by atoms with E-state index in [-0.39, 0.29) is 10.5 Å². The molecule has 0 fully saturated rings. The maximum Gasteiger partial charge on any atom is 0.280 e. The average molecular weight is 495 g/mol. The Labute approximate surface area is 202 Å². The first-order chi connectivity index (χ1) is 16.1. The third kappa shape index (κ3) is 4.98. The van der Waals surface area contributed by atoms with E-state index < -0.39 is 10.0 Å². The summed E-state index contributed by atoms with van der Waals surface area (Å²) < 4.78 is 29.5. The molecule has 9 heteroatoms. The maximum atomic E-state index is 12.8. The third-order valence-corrected chi connectivity index (χ3v) is 7.10. The van der Waals surface area contributed by atoms with Crippen LogP contribution in [0.1, 0.15) is 22.4 Å². The van der Waals surface area contributed by atoms with Crippen LogP contribution in [0.5, 0.6) is 0 Å². The van der Waals surface area contributed by atoms with Gasteiger partial charge in [0.25, 0.3) is 15.6 Å². The third-order valence-electron chi connectivity index (χ3n) is 5.45. The molecular weight excluding hydrogens is 472 g/mol. The topological polar surface area (TPSA) is 96.3 Å². The molecule has 3 aromatic carbocycles. The summed E-state index contributed by atoms with van der Waals surface area (Å²) in [6.07, 6.45) is 1.47. The van der Waals surface area contributed by atoms with Gasteiger partial charge in [0, 0.05) is 22.6 Å². The highest BCUT2D eigenvalue weighted by Gasteiger charge is 2.15. The first kappa shape index (κ1) is 23.5. The van der Waals surface area contributed by atoms with Crippen molar-refractivity contribution in [3.63, 3.8) is 0 Å². The lowest BCUT2D eigenvalue weighted by atomic mass is 10.1. The summed E-state index contributed by atoms with van der Waals surface area (Å²) in [6, 6.07) is 18.4. The van der Waals surface area contributed by atoms with Crippen molar-refractivity contribution in [3.8, 4) is 5.69 Å². The smallest absolute Gasteiger partial charge is 0.280 e. The number of aliphatic imine (C=N–C) groups is 1. The number of rotatable bonds is 6. The molecule has 0 amide bonds. The van der Waals surface area contributed by atoms with E-state index in [9.17, 15) is 13.2 Å². The molecular formula is C25H23ClN4O3S. The van der Waals surface area contributed by atoms with Gasteiger partial charge in [0.15, 0.2) is 0 Å². The summed E-state index contributed by atoms with van der Waals surface area (Å²) in [6.45, 7) is 5.68. The molecule has 0 saturated carbocycles. The van der Waals surface area contributed by atoms with E-state index in [1.165, 1.54) is 23.0 Å². The van der Waals surface area contributed by atoms with Gasteiger partial charge in [0.2, 0.25) is 0 Å². The van der Waals surface area contributed by atoms with E-state index in [1.807, 2.05) is 19.9 Å². The van der Waals surface area contributed by atoms with Crippen LogP contribution in [0.2, 0.25) is 5.02 Å².